The maximum atomic E-state index is 12.1. The molecule has 0 saturated heterocycles. The SMILES string of the molecule is C/C(=N/NC(=O)c1ccccc1)c1nn(C)c(-c2ccc(C)cc2)c1O.O=C=O. The number of rotatable bonds is 4. The minimum atomic E-state index is -0.320. The molecule has 0 radical (unpaired) electrons. The second-order valence-electron chi connectivity index (χ2n) is 6.12. The Balaban J connectivity index is 0.000000941. The Bertz CT molecular complexity index is 1050. The molecule has 3 rings (SSSR count). The van der Waals surface area contributed by atoms with Gasteiger partial charge in [-0.25, -0.2) is 5.43 Å². The van der Waals surface area contributed by atoms with Crippen molar-refractivity contribution in [3.63, 3.8) is 0 Å². The molecule has 29 heavy (non-hydrogen) atoms. The van der Waals surface area contributed by atoms with Gasteiger partial charge < -0.3 is 5.11 Å². The fourth-order valence-corrected chi connectivity index (χ4v) is 2.63. The summed E-state index contributed by atoms with van der Waals surface area (Å²) in [5.41, 5.74) is 6.34. The first kappa shape index (κ1) is 21.3. The van der Waals surface area contributed by atoms with Crippen LogP contribution in [-0.2, 0) is 16.6 Å². The van der Waals surface area contributed by atoms with Crippen LogP contribution in [0, 0.1) is 6.92 Å². The molecule has 0 saturated carbocycles. The lowest BCUT2D eigenvalue weighted by Gasteiger charge is -2.03. The van der Waals surface area contributed by atoms with Crippen molar-refractivity contribution in [1.82, 2.24) is 15.2 Å². The van der Waals surface area contributed by atoms with Crippen LogP contribution in [0.3, 0.4) is 0 Å². The number of hydrazone groups is 1. The second-order valence-corrected chi connectivity index (χ2v) is 6.12. The number of hydrogen-bond acceptors (Lipinski definition) is 6. The highest BCUT2D eigenvalue weighted by molar-refractivity contribution is 6.02. The summed E-state index contributed by atoms with van der Waals surface area (Å²) in [4.78, 5) is 28.3. The van der Waals surface area contributed by atoms with Crippen LogP contribution in [0.5, 0.6) is 5.75 Å². The molecule has 148 valence electrons. The van der Waals surface area contributed by atoms with E-state index in [0.717, 1.165) is 11.1 Å². The maximum absolute atomic E-state index is 12.1. The van der Waals surface area contributed by atoms with Gasteiger partial charge in [0.1, 0.15) is 5.69 Å². The van der Waals surface area contributed by atoms with E-state index < -0.39 is 0 Å². The number of carbonyl (C=O) groups excluding carboxylic acids is 3. The maximum Gasteiger partial charge on any atom is 0.373 e. The van der Waals surface area contributed by atoms with Gasteiger partial charge in [0.25, 0.3) is 5.91 Å². The van der Waals surface area contributed by atoms with E-state index in [4.69, 9.17) is 9.59 Å². The van der Waals surface area contributed by atoms with Gasteiger partial charge in [-0.2, -0.15) is 19.8 Å². The number of benzene rings is 2. The Morgan fingerprint density at radius 3 is 2.28 bits per heavy atom. The summed E-state index contributed by atoms with van der Waals surface area (Å²) < 4.78 is 1.60. The molecule has 0 aliphatic carbocycles. The van der Waals surface area contributed by atoms with Gasteiger partial charge in [0.2, 0.25) is 0 Å². The Labute approximate surface area is 167 Å². The number of aromatic nitrogens is 2. The molecule has 0 bridgehead atoms. The molecule has 1 amide bonds. The van der Waals surface area contributed by atoms with Gasteiger partial charge in [-0.15, -0.1) is 0 Å². The van der Waals surface area contributed by atoms with Crippen molar-refractivity contribution in [2.24, 2.45) is 12.1 Å². The summed E-state index contributed by atoms with van der Waals surface area (Å²) in [6, 6.07) is 16.6. The van der Waals surface area contributed by atoms with E-state index in [1.165, 1.54) is 0 Å². The summed E-state index contributed by atoms with van der Waals surface area (Å²) in [5.74, 6) is -0.286. The predicted octanol–water partition coefficient (Wildman–Crippen LogP) is 2.67. The summed E-state index contributed by atoms with van der Waals surface area (Å²) in [7, 11) is 1.76. The molecule has 0 unspecified atom stereocenters. The van der Waals surface area contributed by atoms with Crippen LogP contribution < -0.4 is 5.43 Å². The quantitative estimate of drug-likeness (QED) is 0.523. The van der Waals surface area contributed by atoms with Gasteiger partial charge in [-0.05, 0) is 26.0 Å². The van der Waals surface area contributed by atoms with Crippen LogP contribution in [0.2, 0.25) is 0 Å². The van der Waals surface area contributed by atoms with E-state index in [0.29, 0.717) is 22.7 Å². The Kier molecular flexibility index (Phi) is 7.17. The molecule has 0 spiro atoms. The highest BCUT2D eigenvalue weighted by Crippen LogP contribution is 2.32. The largest absolute Gasteiger partial charge is 0.504 e. The number of amides is 1. The van der Waals surface area contributed by atoms with E-state index in [9.17, 15) is 9.90 Å². The van der Waals surface area contributed by atoms with Gasteiger partial charge in [0, 0.05) is 18.2 Å². The molecular weight excluding hydrogens is 372 g/mol. The van der Waals surface area contributed by atoms with Crippen LogP contribution in [0.1, 0.15) is 28.5 Å². The van der Waals surface area contributed by atoms with Crippen LogP contribution >= 0.6 is 0 Å². The van der Waals surface area contributed by atoms with Gasteiger partial charge in [0.15, 0.2) is 11.4 Å². The van der Waals surface area contributed by atoms with Gasteiger partial charge in [-0.1, -0.05) is 48.0 Å². The standard InChI is InChI=1S/C20H20N4O2.CO2/c1-13-9-11-15(12-10-13)18-19(25)17(23-24(18)3)14(2)21-22-20(26)16-7-5-4-6-8-16;2-1-3/h4-12,25H,1-3H3,(H,22,26);/b21-14-;. The van der Waals surface area contributed by atoms with Crippen LogP contribution in [0.4, 0.5) is 0 Å². The van der Waals surface area contributed by atoms with E-state index in [2.05, 4.69) is 15.6 Å². The smallest absolute Gasteiger partial charge is 0.373 e. The molecule has 2 aromatic carbocycles. The van der Waals surface area contributed by atoms with Gasteiger partial charge in [-0.3, -0.25) is 9.48 Å². The lowest BCUT2D eigenvalue weighted by atomic mass is 10.1. The lowest BCUT2D eigenvalue weighted by molar-refractivity contribution is -0.191. The van der Waals surface area contributed by atoms with Crippen LogP contribution in [-0.4, -0.2) is 32.7 Å². The van der Waals surface area contributed by atoms with Crippen LogP contribution in [0.25, 0.3) is 11.3 Å². The van der Waals surface area contributed by atoms with E-state index >= 15 is 0 Å². The average molecular weight is 392 g/mol. The van der Waals surface area contributed by atoms with E-state index in [-0.39, 0.29) is 17.8 Å². The normalized spacial score (nSPS) is 10.5. The molecule has 0 aliphatic rings. The van der Waals surface area contributed by atoms with Crippen molar-refractivity contribution in [2.45, 2.75) is 13.8 Å². The minimum absolute atomic E-state index is 0.0339. The number of aryl methyl sites for hydroxylation is 2. The number of aromatic hydroxyl groups is 1. The van der Waals surface area contributed by atoms with Crippen molar-refractivity contribution in [1.29, 1.82) is 0 Å². The molecular formula is C21H20N4O4. The Morgan fingerprint density at radius 1 is 1.10 bits per heavy atom. The third-order valence-electron chi connectivity index (χ3n) is 4.05. The Morgan fingerprint density at radius 2 is 1.69 bits per heavy atom. The number of carbonyl (C=O) groups is 1. The number of nitrogens with zero attached hydrogens (tertiary/aromatic N) is 3. The molecule has 0 atom stereocenters. The van der Waals surface area contributed by atoms with E-state index in [1.54, 1.807) is 42.9 Å². The number of nitrogens with one attached hydrogen (secondary N) is 1. The summed E-state index contributed by atoms with van der Waals surface area (Å²) >= 11 is 0. The van der Waals surface area contributed by atoms with Crippen molar-refractivity contribution in [3.05, 3.63) is 71.4 Å². The van der Waals surface area contributed by atoms with Crippen LogP contribution in [0.15, 0.2) is 59.7 Å². The first-order valence-electron chi connectivity index (χ1n) is 8.61. The van der Waals surface area contributed by atoms with Crippen molar-refractivity contribution >= 4 is 17.8 Å². The predicted molar refractivity (Wildman–Crippen MR) is 106 cm³/mol. The van der Waals surface area contributed by atoms with Crippen molar-refractivity contribution in [2.75, 3.05) is 0 Å². The summed E-state index contributed by atoms with van der Waals surface area (Å²) in [6.07, 6.45) is 0.250. The lowest BCUT2D eigenvalue weighted by Crippen LogP contribution is -2.19. The fraction of sp³-hybridized carbons (Fsp3) is 0.143. The number of hydrogen-bond donors (Lipinski definition) is 2. The molecule has 3 aromatic rings. The molecule has 8 nitrogen and oxygen atoms in total. The first-order chi connectivity index (χ1) is 13.9. The molecule has 0 fully saturated rings. The molecule has 0 aliphatic heterocycles. The zero-order valence-electron chi connectivity index (χ0n) is 16.2. The zero-order valence-corrected chi connectivity index (χ0v) is 16.2. The molecule has 1 heterocycles. The third-order valence-corrected chi connectivity index (χ3v) is 4.05. The highest BCUT2D eigenvalue weighted by Gasteiger charge is 2.19. The third kappa shape index (κ3) is 5.24. The van der Waals surface area contributed by atoms with Gasteiger partial charge >= 0.3 is 6.15 Å². The zero-order chi connectivity index (χ0) is 21.4. The fourth-order valence-electron chi connectivity index (χ4n) is 2.63. The summed E-state index contributed by atoms with van der Waals surface area (Å²) in [6.45, 7) is 3.69. The second kappa shape index (κ2) is 9.77. The molecule has 1 aromatic heterocycles. The molecule has 8 heteroatoms. The first-order valence-corrected chi connectivity index (χ1v) is 8.61. The molecule has 2 N–H and O–H groups in total. The summed E-state index contributed by atoms with van der Waals surface area (Å²) in [5, 5.41) is 19.0. The van der Waals surface area contributed by atoms with Gasteiger partial charge in [0.05, 0.1) is 5.71 Å². The van der Waals surface area contributed by atoms with Crippen molar-refractivity contribution in [3.8, 4) is 17.0 Å². The minimum Gasteiger partial charge on any atom is -0.504 e. The Hall–Kier alpha value is -4.03. The monoisotopic (exact) mass is 392 g/mol. The topological polar surface area (TPSA) is 114 Å². The highest BCUT2D eigenvalue weighted by atomic mass is 16.3. The average Bonchev–Trinajstić information content (AvgIpc) is 3.02. The van der Waals surface area contributed by atoms with E-state index in [1.807, 2.05) is 37.3 Å². The van der Waals surface area contributed by atoms with Crippen molar-refractivity contribution < 1.29 is 19.5 Å².